The lowest BCUT2D eigenvalue weighted by Crippen LogP contribution is -2.25. The lowest BCUT2D eigenvalue weighted by molar-refractivity contribution is -0.117. The second-order valence-electron chi connectivity index (χ2n) is 4.21. The van der Waals surface area contributed by atoms with Crippen molar-refractivity contribution in [2.45, 2.75) is 12.5 Å². The van der Waals surface area contributed by atoms with E-state index in [4.69, 9.17) is 0 Å². The number of hydrogen-bond donors (Lipinski definition) is 1. The Morgan fingerprint density at radius 1 is 1.29 bits per heavy atom. The molecular weight excluding hydrogens is 216 g/mol. The Bertz CT molecular complexity index is 577. The fourth-order valence-corrected chi connectivity index (χ4v) is 2.23. The van der Waals surface area contributed by atoms with Crippen LogP contribution < -0.4 is 4.90 Å². The molecule has 1 fully saturated rings. The van der Waals surface area contributed by atoms with Crippen LogP contribution in [-0.4, -0.2) is 28.6 Å². The first-order chi connectivity index (χ1) is 8.25. The highest BCUT2D eigenvalue weighted by molar-refractivity contribution is 6.03. The second kappa shape index (κ2) is 3.82. The number of rotatable bonds is 1. The Balaban J connectivity index is 2.14. The maximum atomic E-state index is 11.8. The van der Waals surface area contributed by atoms with Crippen LogP contribution >= 0.6 is 0 Å². The first kappa shape index (κ1) is 10.2. The molecule has 1 atom stereocenters. The molecule has 1 unspecified atom stereocenters. The monoisotopic (exact) mass is 228 g/mol. The Morgan fingerprint density at radius 3 is 2.88 bits per heavy atom. The van der Waals surface area contributed by atoms with Gasteiger partial charge < -0.3 is 10.0 Å². The number of carbonyl (C=O) groups excluding carboxylic acids is 1. The molecule has 1 aromatic carbocycles. The minimum Gasteiger partial charge on any atom is -0.391 e. The van der Waals surface area contributed by atoms with E-state index in [0.717, 1.165) is 16.6 Å². The predicted molar refractivity (Wildman–Crippen MR) is 64.7 cm³/mol. The number of nitrogens with zero attached hydrogens (tertiary/aromatic N) is 2. The van der Waals surface area contributed by atoms with E-state index in [2.05, 4.69) is 4.98 Å². The highest BCUT2D eigenvalue weighted by Gasteiger charge is 2.30. The third-order valence-electron chi connectivity index (χ3n) is 3.01. The maximum absolute atomic E-state index is 11.8. The average molecular weight is 228 g/mol. The number of aliphatic hydroxyl groups excluding tert-OH is 1. The minimum absolute atomic E-state index is 0.0457. The number of pyridine rings is 1. The molecule has 2 heterocycles. The van der Waals surface area contributed by atoms with E-state index < -0.39 is 6.10 Å². The summed E-state index contributed by atoms with van der Waals surface area (Å²) in [6.45, 7) is 0.356. The van der Waals surface area contributed by atoms with Crippen LogP contribution in [0, 0.1) is 0 Å². The predicted octanol–water partition coefficient (Wildman–Crippen LogP) is 1.33. The standard InChI is InChI=1S/C13H12N2O2/c16-10-7-12(17)15(8-10)11-5-1-3-9-4-2-6-14-13(9)11/h1-6,10,16H,7-8H2. The molecule has 3 rings (SSSR count). The van der Waals surface area contributed by atoms with Crippen molar-refractivity contribution in [1.82, 2.24) is 4.98 Å². The van der Waals surface area contributed by atoms with Gasteiger partial charge in [-0.25, -0.2) is 0 Å². The lowest BCUT2D eigenvalue weighted by Gasteiger charge is -2.17. The van der Waals surface area contributed by atoms with E-state index in [1.165, 1.54) is 0 Å². The summed E-state index contributed by atoms with van der Waals surface area (Å²) < 4.78 is 0. The molecule has 1 N–H and O–H groups in total. The number of amides is 1. The van der Waals surface area contributed by atoms with E-state index >= 15 is 0 Å². The van der Waals surface area contributed by atoms with Gasteiger partial charge in [-0.3, -0.25) is 9.78 Å². The molecule has 17 heavy (non-hydrogen) atoms. The van der Waals surface area contributed by atoms with E-state index in [-0.39, 0.29) is 12.3 Å². The molecule has 1 aromatic heterocycles. The molecule has 0 aliphatic carbocycles. The number of β-amino-alcohol motifs (C(OH)–C–C–N with tert-alkyl or cyclic N) is 1. The van der Waals surface area contributed by atoms with Gasteiger partial charge in [-0.15, -0.1) is 0 Å². The van der Waals surface area contributed by atoms with Crippen molar-refractivity contribution in [1.29, 1.82) is 0 Å². The number of aromatic nitrogens is 1. The molecule has 4 nitrogen and oxygen atoms in total. The van der Waals surface area contributed by atoms with Gasteiger partial charge in [0.15, 0.2) is 0 Å². The van der Waals surface area contributed by atoms with Crippen molar-refractivity contribution in [2.75, 3.05) is 11.4 Å². The molecular formula is C13H12N2O2. The maximum Gasteiger partial charge on any atom is 0.229 e. The Labute approximate surface area is 98.5 Å². The minimum atomic E-state index is -0.568. The molecule has 1 amide bonds. The van der Waals surface area contributed by atoms with Crippen LogP contribution in [-0.2, 0) is 4.79 Å². The number of aliphatic hydroxyl groups is 1. The van der Waals surface area contributed by atoms with E-state index in [0.29, 0.717) is 6.54 Å². The van der Waals surface area contributed by atoms with Crippen LogP contribution in [0.2, 0.25) is 0 Å². The summed E-state index contributed by atoms with van der Waals surface area (Å²) in [6.07, 6.45) is 1.34. The van der Waals surface area contributed by atoms with Gasteiger partial charge in [-0.05, 0) is 12.1 Å². The van der Waals surface area contributed by atoms with Crippen molar-refractivity contribution >= 4 is 22.5 Å². The molecule has 1 aliphatic rings. The first-order valence-corrected chi connectivity index (χ1v) is 5.58. The number of benzene rings is 1. The van der Waals surface area contributed by atoms with Gasteiger partial charge in [-0.2, -0.15) is 0 Å². The molecule has 0 spiro atoms. The number of anilines is 1. The van der Waals surface area contributed by atoms with Gasteiger partial charge >= 0.3 is 0 Å². The topological polar surface area (TPSA) is 53.4 Å². The normalized spacial score (nSPS) is 20.2. The summed E-state index contributed by atoms with van der Waals surface area (Å²) in [5.74, 6) is -0.0457. The van der Waals surface area contributed by atoms with Crippen LogP contribution in [0.5, 0.6) is 0 Å². The Morgan fingerprint density at radius 2 is 2.12 bits per heavy atom. The van der Waals surface area contributed by atoms with Crippen LogP contribution in [0.3, 0.4) is 0 Å². The molecule has 1 saturated heterocycles. The summed E-state index contributed by atoms with van der Waals surface area (Å²) in [5, 5.41) is 10.5. The van der Waals surface area contributed by atoms with Gasteiger partial charge in [-0.1, -0.05) is 18.2 Å². The number of para-hydroxylation sites is 1. The van der Waals surface area contributed by atoms with Gasteiger partial charge in [0.1, 0.15) is 0 Å². The van der Waals surface area contributed by atoms with Gasteiger partial charge in [0.2, 0.25) is 5.91 Å². The molecule has 2 aromatic rings. The smallest absolute Gasteiger partial charge is 0.229 e. The summed E-state index contributed by atoms with van der Waals surface area (Å²) in [5.41, 5.74) is 1.59. The van der Waals surface area contributed by atoms with Gasteiger partial charge in [0.05, 0.1) is 30.3 Å². The molecule has 1 aliphatic heterocycles. The summed E-state index contributed by atoms with van der Waals surface area (Å²) in [4.78, 5) is 17.7. The lowest BCUT2D eigenvalue weighted by atomic mass is 10.2. The quantitative estimate of drug-likeness (QED) is 0.801. The largest absolute Gasteiger partial charge is 0.391 e. The average Bonchev–Trinajstić information content (AvgIpc) is 2.68. The van der Waals surface area contributed by atoms with Crippen LogP contribution in [0.25, 0.3) is 10.9 Å². The van der Waals surface area contributed by atoms with E-state index in [1.54, 1.807) is 11.1 Å². The van der Waals surface area contributed by atoms with Crippen LogP contribution in [0.1, 0.15) is 6.42 Å². The summed E-state index contributed by atoms with van der Waals surface area (Å²) >= 11 is 0. The number of fused-ring (bicyclic) bond motifs is 1. The molecule has 0 radical (unpaired) electrons. The zero-order valence-electron chi connectivity index (χ0n) is 9.21. The Kier molecular flexibility index (Phi) is 2.30. The van der Waals surface area contributed by atoms with Crippen LogP contribution in [0.4, 0.5) is 5.69 Å². The molecule has 4 heteroatoms. The van der Waals surface area contributed by atoms with Crippen molar-refractivity contribution in [3.63, 3.8) is 0 Å². The van der Waals surface area contributed by atoms with Crippen molar-refractivity contribution in [3.05, 3.63) is 36.5 Å². The molecule has 0 bridgehead atoms. The first-order valence-electron chi connectivity index (χ1n) is 5.58. The Hall–Kier alpha value is -1.94. The SMILES string of the molecule is O=C1CC(O)CN1c1cccc2cccnc12. The van der Waals surface area contributed by atoms with Crippen molar-refractivity contribution < 1.29 is 9.90 Å². The fourth-order valence-electron chi connectivity index (χ4n) is 2.23. The summed E-state index contributed by atoms with van der Waals surface area (Å²) in [7, 11) is 0. The highest BCUT2D eigenvalue weighted by atomic mass is 16.3. The molecule has 0 saturated carbocycles. The highest BCUT2D eigenvalue weighted by Crippen LogP contribution is 2.28. The second-order valence-corrected chi connectivity index (χ2v) is 4.21. The van der Waals surface area contributed by atoms with E-state index in [1.807, 2.05) is 30.3 Å². The van der Waals surface area contributed by atoms with Crippen LogP contribution in [0.15, 0.2) is 36.5 Å². The number of carbonyl (C=O) groups is 1. The third kappa shape index (κ3) is 1.66. The fraction of sp³-hybridized carbons (Fsp3) is 0.231. The number of hydrogen-bond acceptors (Lipinski definition) is 3. The zero-order valence-corrected chi connectivity index (χ0v) is 9.21. The molecule has 86 valence electrons. The van der Waals surface area contributed by atoms with E-state index in [9.17, 15) is 9.90 Å². The summed E-state index contributed by atoms with van der Waals surface area (Å²) in [6, 6.07) is 9.56. The third-order valence-corrected chi connectivity index (χ3v) is 3.01. The zero-order chi connectivity index (χ0) is 11.8. The van der Waals surface area contributed by atoms with Crippen molar-refractivity contribution in [2.24, 2.45) is 0 Å². The van der Waals surface area contributed by atoms with Gasteiger partial charge in [0.25, 0.3) is 0 Å². The van der Waals surface area contributed by atoms with Crippen molar-refractivity contribution in [3.8, 4) is 0 Å². The van der Waals surface area contributed by atoms with Gasteiger partial charge in [0, 0.05) is 11.6 Å².